The molecular formula is C15H13NO4. The Labute approximate surface area is 115 Å². The van der Waals surface area contributed by atoms with Gasteiger partial charge in [-0.3, -0.25) is 4.79 Å². The number of primary amides is 1. The van der Waals surface area contributed by atoms with Gasteiger partial charge >= 0.3 is 5.97 Å². The van der Waals surface area contributed by atoms with E-state index in [4.69, 9.17) is 15.2 Å². The molecule has 2 N–H and O–H groups in total. The lowest BCUT2D eigenvalue weighted by atomic mass is 10.2. The Balaban J connectivity index is 1.91. The summed E-state index contributed by atoms with van der Waals surface area (Å²) in [5, 5.41) is 0. The first kappa shape index (κ1) is 13.6. The summed E-state index contributed by atoms with van der Waals surface area (Å²) in [5.41, 5.74) is 5.42. The van der Waals surface area contributed by atoms with Gasteiger partial charge in [-0.2, -0.15) is 0 Å². The van der Waals surface area contributed by atoms with Crippen molar-refractivity contribution in [3.63, 3.8) is 0 Å². The minimum Gasteiger partial charge on any atom is -0.482 e. The van der Waals surface area contributed by atoms with Crippen molar-refractivity contribution >= 4 is 11.9 Å². The Morgan fingerprint density at radius 2 is 1.65 bits per heavy atom. The molecule has 0 unspecified atom stereocenters. The molecule has 102 valence electrons. The van der Waals surface area contributed by atoms with Crippen molar-refractivity contribution in [2.45, 2.75) is 0 Å². The molecule has 0 aliphatic carbocycles. The zero-order chi connectivity index (χ0) is 14.4. The van der Waals surface area contributed by atoms with E-state index in [0.29, 0.717) is 5.75 Å². The van der Waals surface area contributed by atoms with Gasteiger partial charge in [-0.15, -0.1) is 0 Å². The van der Waals surface area contributed by atoms with Gasteiger partial charge in [0.05, 0.1) is 0 Å². The summed E-state index contributed by atoms with van der Waals surface area (Å²) in [4.78, 5) is 22.6. The number of esters is 1. The molecule has 0 heterocycles. The predicted molar refractivity (Wildman–Crippen MR) is 72.5 cm³/mol. The van der Waals surface area contributed by atoms with Gasteiger partial charge in [0, 0.05) is 5.56 Å². The van der Waals surface area contributed by atoms with Crippen LogP contribution in [0.2, 0.25) is 0 Å². The number of ether oxygens (including phenoxy) is 2. The largest absolute Gasteiger partial charge is 0.482 e. The molecule has 0 spiro atoms. The van der Waals surface area contributed by atoms with E-state index >= 15 is 0 Å². The average Bonchev–Trinajstić information content (AvgIpc) is 2.46. The third-order valence-electron chi connectivity index (χ3n) is 2.45. The van der Waals surface area contributed by atoms with Crippen LogP contribution in [0.1, 0.15) is 10.4 Å². The zero-order valence-electron chi connectivity index (χ0n) is 10.6. The van der Waals surface area contributed by atoms with Gasteiger partial charge in [0.1, 0.15) is 11.5 Å². The third-order valence-corrected chi connectivity index (χ3v) is 2.45. The molecule has 0 fully saturated rings. The molecule has 0 saturated heterocycles. The smallest absolute Gasteiger partial charge is 0.349 e. The average molecular weight is 271 g/mol. The van der Waals surface area contributed by atoms with Crippen LogP contribution in [-0.2, 0) is 4.79 Å². The molecule has 5 nitrogen and oxygen atoms in total. The van der Waals surface area contributed by atoms with Crippen LogP contribution in [0.3, 0.4) is 0 Å². The maximum atomic E-state index is 11.6. The number of hydrogen-bond donors (Lipinski definition) is 1. The van der Waals surface area contributed by atoms with Crippen LogP contribution in [0.4, 0.5) is 0 Å². The van der Waals surface area contributed by atoms with E-state index in [2.05, 4.69) is 0 Å². The molecule has 2 aromatic carbocycles. The molecular weight excluding hydrogens is 258 g/mol. The Hall–Kier alpha value is -2.82. The first-order valence-electron chi connectivity index (χ1n) is 5.93. The summed E-state index contributed by atoms with van der Waals surface area (Å²) < 4.78 is 10.3. The highest BCUT2D eigenvalue weighted by Gasteiger charge is 2.08. The number of carbonyl (C=O) groups excluding carboxylic acids is 2. The second-order valence-electron chi connectivity index (χ2n) is 3.97. The van der Waals surface area contributed by atoms with Gasteiger partial charge in [-0.25, -0.2) is 4.79 Å². The molecule has 0 aliphatic heterocycles. The number of carbonyl (C=O) groups is 2. The molecule has 20 heavy (non-hydrogen) atoms. The van der Waals surface area contributed by atoms with E-state index in [1.807, 2.05) is 6.07 Å². The van der Waals surface area contributed by atoms with Crippen molar-refractivity contribution < 1.29 is 19.1 Å². The molecule has 1 amide bonds. The maximum absolute atomic E-state index is 11.6. The molecule has 0 atom stereocenters. The minimum absolute atomic E-state index is 0.217. The van der Waals surface area contributed by atoms with E-state index in [1.54, 1.807) is 42.5 Å². The Morgan fingerprint density at radius 1 is 0.950 bits per heavy atom. The summed E-state index contributed by atoms with van der Waals surface area (Å²) in [6.45, 7) is -0.217. The maximum Gasteiger partial charge on any atom is 0.349 e. The fourth-order valence-electron chi connectivity index (χ4n) is 1.53. The summed E-state index contributed by atoms with van der Waals surface area (Å²) >= 11 is 0. The second-order valence-corrected chi connectivity index (χ2v) is 3.97. The Bertz CT molecular complexity index is 610. The lowest BCUT2D eigenvalue weighted by Crippen LogP contribution is -2.18. The highest BCUT2D eigenvalue weighted by Crippen LogP contribution is 2.14. The van der Waals surface area contributed by atoms with E-state index in [1.165, 1.54) is 6.07 Å². The second kappa shape index (κ2) is 6.38. The van der Waals surface area contributed by atoms with Crippen molar-refractivity contribution in [3.8, 4) is 11.5 Å². The quantitative estimate of drug-likeness (QED) is 0.664. The van der Waals surface area contributed by atoms with Crippen molar-refractivity contribution in [3.05, 3.63) is 60.2 Å². The van der Waals surface area contributed by atoms with Gasteiger partial charge in [0.2, 0.25) is 5.91 Å². The van der Waals surface area contributed by atoms with Crippen LogP contribution >= 0.6 is 0 Å². The summed E-state index contributed by atoms with van der Waals surface area (Å²) in [5.74, 6) is -0.308. The van der Waals surface area contributed by atoms with E-state index in [-0.39, 0.29) is 17.9 Å². The topological polar surface area (TPSA) is 78.6 Å². The van der Waals surface area contributed by atoms with Gasteiger partial charge < -0.3 is 15.2 Å². The molecule has 0 bridgehead atoms. The van der Waals surface area contributed by atoms with E-state index < -0.39 is 11.9 Å². The number of nitrogens with two attached hydrogens (primary N) is 1. The molecule has 2 aromatic rings. The molecule has 2 rings (SSSR count). The van der Waals surface area contributed by atoms with Crippen molar-refractivity contribution in [2.75, 3.05) is 6.61 Å². The van der Waals surface area contributed by atoms with Crippen LogP contribution in [0, 0.1) is 0 Å². The number of para-hydroxylation sites is 1. The molecule has 0 aliphatic rings. The van der Waals surface area contributed by atoms with Crippen LogP contribution in [-0.4, -0.2) is 18.5 Å². The highest BCUT2D eigenvalue weighted by molar-refractivity contribution is 5.93. The van der Waals surface area contributed by atoms with Gasteiger partial charge in [0.25, 0.3) is 0 Å². The first-order chi connectivity index (χ1) is 9.65. The zero-order valence-corrected chi connectivity index (χ0v) is 10.6. The lowest BCUT2D eigenvalue weighted by Gasteiger charge is -2.07. The SMILES string of the molecule is NC(=O)c1cccc(OC(=O)COc2ccccc2)c1. The predicted octanol–water partition coefficient (Wildman–Crippen LogP) is 1.77. The van der Waals surface area contributed by atoms with Crippen LogP contribution in [0.15, 0.2) is 54.6 Å². The number of benzene rings is 2. The molecule has 0 radical (unpaired) electrons. The van der Waals surface area contributed by atoms with Gasteiger partial charge in [0.15, 0.2) is 6.61 Å². The van der Waals surface area contributed by atoms with Gasteiger partial charge in [-0.1, -0.05) is 24.3 Å². The Morgan fingerprint density at radius 3 is 2.35 bits per heavy atom. The summed E-state index contributed by atoms with van der Waals surface area (Å²) in [7, 11) is 0. The van der Waals surface area contributed by atoms with Gasteiger partial charge in [-0.05, 0) is 30.3 Å². The number of hydrogen-bond acceptors (Lipinski definition) is 4. The fraction of sp³-hybridized carbons (Fsp3) is 0.0667. The molecule has 5 heteroatoms. The van der Waals surface area contributed by atoms with Crippen molar-refractivity contribution in [2.24, 2.45) is 5.73 Å². The van der Waals surface area contributed by atoms with Crippen LogP contribution in [0.5, 0.6) is 11.5 Å². The van der Waals surface area contributed by atoms with E-state index in [9.17, 15) is 9.59 Å². The summed E-state index contributed by atoms with van der Waals surface area (Å²) in [6, 6.07) is 15.0. The minimum atomic E-state index is -0.580. The van der Waals surface area contributed by atoms with Crippen molar-refractivity contribution in [1.82, 2.24) is 0 Å². The lowest BCUT2D eigenvalue weighted by molar-refractivity contribution is -0.136. The van der Waals surface area contributed by atoms with Crippen molar-refractivity contribution in [1.29, 1.82) is 0 Å². The highest BCUT2D eigenvalue weighted by atomic mass is 16.6. The van der Waals surface area contributed by atoms with Crippen LogP contribution in [0.25, 0.3) is 0 Å². The fourth-order valence-corrected chi connectivity index (χ4v) is 1.53. The first-order valence-corrected chi connectivity index (χ1v) is 5.93. The monoisotopic (exact) mass is 271 g/mol. The summed E-state index contributed by atoms with van der Waals surface area (Å²) in [6.07, 6.45) is 0. The normalized spacial score (nSPS) is 9.80. The number of rotatable bonds is 5. The number of amides is 1. The van der Waals surface area contributed by atoms with Crippen LogP contribution < -0.4 is 15.2 Å². The third kappa shape index (κ3) is 3.84. The Kier molecular flexibility index (Phi) is 4.34. The standard InChI is InChI=1S/C15H13NO4/c16-15(18)11-5-4-8-13(9-11)20-14(17)10-19-12-6-2-1-3-7-12/h1-9H,10H2,(H2,16,18). The molecule has 0 aromatic heterocycles. The van der Waals surface area contributed by atoms with E-state index in [0.717, 1.165) is 0 Å². The molecule has 0 saturated carbocycles.